The predicted octanol–water partition coefficient (Wildman–Crippen LogP) is 1.63. The molecule has 1 aliphatic rings. The van der Waals surface area contributed by atoms with Crippen LogP contribution in [0, 0.1) is 12.7 Å². The van der Waals surface area contributed by atoms with Crippen LogP contribution >= 0.6 is 0 Å². The molecule has 1 fully saturated rings. The Morgan fingerprint density at radius 2 is 2.00 bits per heavy atom. The zero-order chi connectivity index (χ0) is 12.5. The highest BCUT2D eigenvalue weighted by atomic mass is 19.1. The monoisotopic (exact) mass is 240 g/mol. The molecular formula is C11H17FN4O. The third-order valence-corrected chi connectivity index (χ3v) is 3.36. The number of hydrogen-bond donors (Lipinski definition) is 2. The number of aromatic nitrogens is 2. The van der Waals surface area contributed by atoms with Crippen molar-refractivity contribution >= 4 is 5.82 Å². The lowest BCUT2D eigenvalue weighted by Crippen LogP contribution is -2.29. The second kappa shape index (κ2) is 4.54. The molecule has 3 N–H and O–H groups in total. The summed E-state index contributed by atoms with van der Waals surface area (Å²) in [5.41, 5.74) is 2.06. The van der Waals surface area contributed by atoms with E-state index in [1.807, 2.05) is 0 Å². The Kier molecular flexibility index (Phi) is 3.26. The van der Waals surface area contributed by atoms with Gasteiger partial charge in [-0.05, 0) is 32.6 Å². The van der Waals surface area contributed by atoms with E-state index in [2.05, 4.69) is 15.4 Å². The van der Waals surface area contributed by atoms with Gasteiger partial charge in [0.05, 0.1) is 5.69 Å². The van der Waals surface area contributed by atoms with Gasteiger partial charge in [0.1, 0.15) is 5.60 Å². The summed E-state index contributed by atoms with van der Waals surface area (Å²) in [6.45, 7) is 1.60. The normalized spacial score (nSPS) is 18.4. The van der Waals surface area contributed by atoms with Crippen LogP contribution in [0.5, 0.6) is 0 Å². The van der Waals surface area contributed by atoms with Gasteiger partial charge in [-0.25, -0.2) is 20.2 Å². The van der Waals surface area contributed by atoms with Crippen LogP contribution in [0.15, 0.2) is 0 Å². The first kappa shape index (κ1) is 12.2. The molecule has 0 atom stereocenters. The Morgan fingerprint density at radius 3 is 2.53 bits per heavy atom. The number of methoxy groups -OCH3 is 1. The molecule has 2 rings (SSSR count). The third-order valence-electron chi connectivity index (χ3n) is 3.36. The standard InChI is InChI=1S/C11H17FN4O/c1-7-8(12)9(16-13)15-10(14-7)11(17-2)5-3-4-6-11/h3-6,13H2,1-2H3,(H,14,15,16). The molecule has 0 amide bonds. The Labute approximate surface area is 99.6 Å². The van der Waals surface area contributed by atoms with Gasteiger partial charge in [-0.2, -0.15) is 0 Å². The molecule has 0 bridgehead atoms. The maximum Gasteiger partial charge on any atom is 0.187 e. The molecule has 1 saturated carbocycles. The SMILES string of the molecule is COC1(c2nc(C)c(F)c(NN)n2)CCCC1. The molecule has 94 valence electrons. The van der Waals surface area contributed by atoms with Crippen molar-refractivity contribution < 1.29 is 9.13 Å². The number of aryl methyl sites for hydroxylation is 1. The van der Waals surface area contributed by atoms with Crippen molar-refractivity contribution in [1.29, 1.82) is 0 Å². The first-order valence-corrected chi connectivity index (χ1v) is 5.69. The highest BCUT2D eigenvalue weighted by Crippen LogP contribution is 2.40. The van der Waals surface area contributed by atoms with E-state index in [4.69, 9.17) is 10.6 Å². The quantitative estimate of drug-likeness (QED) is 0.620. The molecule has 0 spiro atoms. The highest BCUT2D eigenvalue weighted by molar-refractivity contribution is 5.37. The second-order valence-electron chi connectivity index (χ2n) is 4.35. The first-order chi connectivity index (χ1) is 8.13. The number of anilines is 1. The van der Waals surface area contributed by atoms with Gasteiger partial charge in [0.25, 0.3) is 0 Å². The molecule has 0 unspecified atom stereocenters. The summed E-state index contributed by atoms with van der Waals surface area (Å²) in [7, 11) is 1.64. The minimum Gasteiger partial charge on any atom is -0.370 e. The van der Waals surface area contributed by atoms with Crippen LogP contribution in [0.3, 0.4) is 0 Å². The molecule has 1 aromatic heterocycles. The van der Waals surface area contributed by atoms with E-state index >= 15 is 0 Å². The molecule has 1 aliphatic carbocycles. The fourth-order valence-electron chi connectivity index (χ4n) is 2.32. The van der Waals surface area contributed by atoms with Gasteiger partial charge >= 0.3 is 0 Å². The number of nitrogens with one attached hydrogen (secondary N) is 1. The summed E-state index contributed by atoms with van der Waals surface area (Å²) in [5, 5.41) is 0. The maximum absolute atomic E-state index is 13.6. The van der Waals surface area contributed by atoms with Crippen molar-refractivity contribution in [1.82, 2.24) is 9.97 Å². The Hall–Kier alpha value is -1.27. The average molecular weight is 240 g/mol. The molecule has 0 saturated heterocycles. The van der Waals surface area contributed by atoms with Gasteiger partial charge in [0.15, 0.2) is 17.5 Å². The summed E-state index contributed by atoms with van der Waals surface area (Å²) < 4.78 is 19.2. The minimum absolute atomic E-state index is 0.0239. The number of nitrogens with two attached hydrogens (primary N) is 1. The number of rotatable bonds is 3. The van der Waals surface area contributed by atoms with E-state index < -0.39 is 11.4 Å². The largest absolute Gasteiger partial charge is 0.370 e. The van der Waals surface area contributed by atoms with Crippen molar-refractivity contribution in [2.24, 2.45) is 5.84 Å². The predicted molar refractivity (Wildman–Crippen MR) is 61.7 cm³/mol. The number of nitrogen functional groups attached to an aromatic ring is 1. The minimum atomic E-state index is -0.513. The van der Waals surface area contributed by atoms with Gasteiger partial charge in [-0.1, -0.05) is 0 Å². The van der Waals surface area contributed by atoms with Gasteiger partial charge in [0.2, 0.25) is 0 Å². The Balaban J connectivity index is 2.48. The zero-order valence-corrected chi connectivity index (χ0v) is 10.1. The fourth-order valence-corrected chi connectivity index (χ4v) is 2.32. The zero-order valence-electron chi connectivity index (χ0n) is 10.1. The van der Waals surface area contributed by atoms with Gasteiger partial charge in [0, 0.05) is 7.11 Å². The number of nitrogens with zero attached hydrogens (tertiary/aromatic N) is 2. The number of ether oxygens (including phenoxy) is 1. The number of hydrogen-bond acceptors (Lipinski definition) is 5. The van der Waals surface area contributed by atoms with Crippen LogP contribution in [0.4, 0.5) is 10.2 Å². The molecule has 0 aliphatic heterocycles. The van der Waals surface area contributed by atoms with E-state index in [1.54, 1.807) is 14.0 Å². The van der Waals surface area contributed by atoms with Crippen molar-refractivity contribution in [2.45, 2.75) is 38.2 Å². The van der Waals surface area contributed by atoms with Crippen molar-refractivity contribution in [3.63, 3.8) is 0 Å². The maximum atomic E-state index is 13.6. The topological polar surface area (TPSA) is 73.1 Å². The number of halogens is 1. The van der Waals surface area contributed by atoms with Gasteiger partial charge in [-0.15, -0.1) is 0 Å². The van der Waals surface area contributed by atoms with Crippen molar-refractivity contribution in [3.8, 4) is 0 Å². The van der Waals surface area contributed by atoms with Crippen LogP contribution in [0.25, 0.3) is 0 Å². The van der Waals surface area contributed by atoms with E-state index in [1.165, 1.54) is 0 Å². The van der Waals surface area contributed by atoms with E-state index in [-0.39, 0.29) is 11.5 Å². The van der Waals surface area contributed by atoms with Crippen LogP contribution in [0.1, 0.15) is 37.2 Å². The molecule has 6 heteroatoms. The molecule has 1 aromatic rings. The smallest absolute Gasteiger partial charge is 0.187 e. The van der Waals surface area contributed by atoms with Gasteiger partial charge < -0.3 is 10.2 Å². The van der Waals surface area contributed by atoms with Crippen molar-refractivity contribution in [2.75, 3.05) is 12.5 Å². The fraction of sp³-hybridized carbons (Fsp3) is 0.636. The third kappa shape index (κ3) is 1.98. The average Bonchev–Trinajstić information content (AvgIpc) is 2.82. The molecule has 0 radical (unpaired) electrons. The van der Waals surface area contributed by atoms with Crippen LogP contribution in [-0.2, 0) is 10.3 Å². The summed E-state index contributed by atoms with van der Waals surface area (Å²) >= 11 is 0. The van der Waals surface area contributed by atoms with Crippen LogP contribution in [-0.4, -0.2) is 17.1 Å². The summed E-state index contributed by atoms with van der Waals surface area (Å²) in [4.78, 5) is 8.33. The van der Waals surface area contributed by atoms with E-state index in [0.29, 0.717) is 5.82 Å². The Morgan fingerprint density at radius 1 is 1.35 bits per heavy atom. The van der Waals surface area contributed by atoms with E-state index in [9.17, 15) is 4.39 Å². The summed E-state index contributed by atoms with van der Waals surface area (Å²) in [6.07, 6.45) is 3.86. The lowest BCUT2D eigenvalue weighted by atomic mass is 10.0. The van der Waals surface area contributed by atoms with Crippen LogP contribution < -0.4 is 11.3 Å². The van der Waals surface area contributed by atoms with Gasteiger partial charge in [-0.3, -0.25) is 0 Å². The Bertz CT molecular complexity index is 418. The molecule has 17 heavy (non-hydrogen) atoms. The molecule has 0 aromatic carbocycles. The van der Waals surface area contributed by atoms with Crippen LogP contribution in [0.2, 0.25) is 0 Å². The second-order valence-corrected chi connectivity index (χ2v) is 4.35. The summed E-state index contributed by atoms with van der Waals surface area (Å²) in [5.74, 6) is 5.28. The summed E-state index contributed by atoms with van der Waals surface area (Å²) in [6, 6.07) is 0. The number of hydrazine groups is 1. The molecular weight excluding hydrogens is 223 g/mol. The molecule has 5 nitrogen and oxygen atoms in total. The van der Waals surface area contributed by atoms with Crippen molar-refractivity contribution in [3.05, 3.63) is 17.3 Å². The van der Waals surface area contributed by atoms with E-state index in [0.717, 1.165) is 25.7 Å². The lowest BCUT2D eigenvalue weighted by molar-refractivity contribution is -0.0164. The highest BCUT2D eigenvalue weighted by Gasteiger charge is 2.39. The lowest BCUT2D eigenvalue weighted by Gasteiger charge is -2.26. The molecule has 1 heterocycles. The first-order valence-electron chi connectivity index (χ1n) is 5.69.